The average molecular weight is 369 g/mol. The zero-order valence-corrected chi connectivity index (χ0v) is 15.6. The van der Waals surface area contributed by atoms with Gasteiger partial charge in [0.1, 0.15) is 11.7 Å². The summed E-state index contributed by atoms with van der Waals surface area (Å²) in [6.07, 6.45) is 5.14. The third-order valence-corrected chi connectivity index (χ3v) is 4.18. The number of benzene rings is 1. The zero-order chi connectivity index (χ0) is 19.5. The normalized spacial score (nSPS) is 10.8. The van der Waals surface area contributed by atoms with Gasteiger partial charge in [0.2, 0.25) is 5.95 Å². The first-order valence-corrected chi connectivity index (χ1v) is 8.97. The highest BCUT2D eigenvalue weighted by Gasteiger charge is 2.15. The number of aromatic nitrogens is 4. The smallest absolute Gasteiger partial charge is 0.223 e. The van der Waals surface area contributed by atoms with Crippen molar-refractivity contribution in [1.29, 1.82) is 5.26 Å². The first-order chi connectivity index (χ1) is 13.6. The molecule has 0 saturated heterocycles. The molecule has 7 nitrogen and oxygen atoms in total. The third kappa shape index (κ3) is 3.48. The van der Waals surface area contributed by atoms with Crippen molar-refractivity contribution in [2.75, 3.05) is 10.6 Å². The van der Waals surface area contributed by atoms with Crippen LogP contribution in [-0.2, 0) is 0 Å². The van der Waals surface area contributed by atoms with Crippen LogP contribution in [0.3, 0.4) is 0 Å². The minimum absolute atomic E-state index is 0.187. The maximum atomic E-state index is 9.52. The molecule has 0 aliphatic heterocycles. The second-order valence-corrected chi connectivity index (χ2v) is 6.68. The molecule has 0 aliphatic carbocycles. The number of nitrogens with one attached hydrogen (secondary N) is 3. The summed E-state index contributed by atoms with van der Waals surface area (Å²) < 4.78 is 0. The fourth-order valence-corrected chi connectivity index (χ4v) is 2.95. The van der Waals surface area contributed by atoms with Gasteiger partial charge in [0, 0.05) is 28.9 Å². The summed E-state index contributed by atoms with van der Waals surface area (Å²) in [6, 6.07) is 14.3. The Morgan fingerprint density at radius 2 is 1.89 bits per heavy atom. The molecule has 3 N–H and O–H groups in total. The van der Waals surface area contributed by atoms with Crippen LogP contribution in [0.25, 0.3) is 22.3 Å². The van der Waals surface area contributed by atoms with Crippen LogP contribution in [0, 0.1) is 11.3 Å². The van der Waals surface area contributed by atoms with Gasteiger partial charge in [0.15, 0.2) is 0 Å². The van der Waals surface area contributed by atoms with E-state index >= 15 is 0 Å². The maximum Gasteiger partial charge on any atom is 0.223 e. The summed E-state index contributed by atoms with van der Waals surface area (Å²) in [5.41, 5.74) is 4.36. The van der Waals surface area contributed by atoms with E-state index in [1.54, 1.807) is 12.4 Å². The molecule has 28 heavy (non-hydrogen) atoms. The van der Waals surface area contributed by atoms with Crippen LogP contribution in [0.5, 0.6) is 0 Å². The molecule has 0 unspecified atom stereocenters. The van der Waals surface area contributed by atoms with E-state index in [1.165, 1.54) is 0 Å². The van der Waals surface area contributed by atoms with Crippen molar-refractivity contribution < 1.29 is 0 Å². The molecular weight excluding hydrogens is 350 g/mol. The molecule has 0 atom stereocenters. The Kier molecular flexibility index (Phi) is 4.60. The van der Waals surface area contributed by atoms with Gasteiger partial charge in [0.05, 0.1) is 29.3 Å². The number of hydrogen-bond donors (Lipinski definition) is 3. The number of para-hydroxylation sites is 1. The van der Waals surface area contributed by atoms with Crippen LogP contribution in [0.1, 0.15) is 19.4 Å². The second-order valence-electron chi connectivity index (χ2n) is 6.68. The lowest BCUT2D eigenvalue weighted by molar-refractivity contribution is 0.874. The summed E-state index contributed by atoms with van der Waals surface area (Å²) in [7, 11) is 0. The highest BCUT2D eigenvalue weighted by atomic mass is 15.1. The van der Waals surface area contributed by atoms with E-state index in [2.05, 4.69) is 36.6 Å². The highest BCUT2D eigenvalue weighted by Crippen LogP contribution is 2.31. The molecule has 7 heteroatoms. The topological polar surface area (TPSA) is 102 Å². The van der Waals surface area contributed by atoms with Gasteiger partial charge in [-0.15, -0.1) is 0 Å². The first kappa shape index (κ1) is 17.5. The molecule has 0 saturated carbocycles. The van der Waals surface area contributed by atoms with Crippen molar-refractivity contribution in [3.63, 3.8) is 0 Å². The largest absolute Gasteiger partial charge is 0.354 e. The van der Waals surface area contributed by atoms with Crippen molar-refractivity contribution in [1.82, 2.24) is 19.9 Å². The molecule has 1 aromatic carbocycles. The number of anilines is 3. The number of H-pyrrole nitrogens is 1. The summed E-state index contributed by atoms with van der Waals surface area (Å²) >= 11 is 0. The predicted octanol–water partition coefficient (Wildman–Crippen LogP) is 4.46. The highest BCUT2D eigenvalue weighted by molar-refractivity contribution is 5.95. The van der Waals surface area contributed by atoms with Crippen molar-refractivity contribution in [3.05, 3.63) is 60.6 Å². The number of fused-ring (bicyclic) bond motifs is 1. The maximum absolute atomic E-state index is 9.52. The van der Waals surface area contributed by atoms with E-state index in [4.69, 9.17) is 0 Å². The molecule has 0 bridgehead atoms. The van der Waals surface area contributed by atoms with E-state index < -0.39 is 0 Å². The van der Waals surface area contributed by atoms with E-state index in [-0.39, 0.29) is 6.04 Å². The fraction of sp³-hybridized carbons (Fsp3) is 0.143. The van der Waals surface area contributed by atoms with Crippen LogP contribution in [0.2, 0.25) is 0 Å². The Balaban J connectivity index is 1.79. The van der Waals surface area contributed by atoms with Gasteiger partial charge in [-0.05, 0) is 32.0 Å². The van der Waals surface area contributed by atoms with E-state index in [0.717, 1.165) is 28.0 Å². The van der Waals surface area contributed by atoms with Crippen LogP contribution in [0.15, 0.2) is 55.0 Å². The number of nitriles is 1. The van der Waals surface area contributed by atoms with E-state index in [9.17, 15) is 5.26 Å². The Hall–Kier alpha value is -3.92. The molecular formula is C21H19N7. The van der Waals surface area contributed by atoms with E-state index in [1.807, 2.05) is 56.4 Å². The summed E-state index contributed by atoms with van der Waals surface area (Å²) in [5.74, 6) is 0.491. The summed E-state index contributed by atoms with van der Waals surface area (Å²) in [6.45, 7) is 4.02. The standard InChI is InChI=1S/C21H19N7/c1-13(2)26-21-25-10-14(9-22)19(28-21)18-12-24-20-17(18)8-16(11-23-20)27-15-6-4-3-5-7-15/h3-8,10-13,27H,1-2H3,(H,23,24)(H,25,26,28). The molecule has 0 aliphatic rings. The lowest BCUT2D eigenvalue weighted by atomic mass is 10.1. The van der Waals surface area contributed by atoms with Gasteiger partial charge < -0.3 is 15.6 Å². The van der Waals surface area contributed by atoms with Gasteiger partial charge in [-0.25, -0.2) is 15.0 Å². The molecule has 0 radical (unpaired) electrons. The Bertz CT molecular complexity index is 1160. The number of pyridine rings is 1. The quantitative estimate of drug-likeness (QED) is 0.480. The minimum atomic E-state index is 0.187. The molecule has 0 amide bonds. The molecule has 4 aromatic rings. The molecule has 3 heterocycles. The van der Waals surface area contributed by atoms with Gasteiger partial charge in [-0.2, -0.15) is 5.26 Å². The SMILES string of the molecule is CC(C)Nc1ncc(C#N)c(-c2c[nH]c3ncc(Nc4ccccc4)cc23)n1. The molecule has 138 valence electrons. The zero-order valence-electron chi connectivity index (χ0n) is 15.6. The Morgan fingerprint density at radius 1 is 1.07 bits per heavy atom. The number of hydrogen-bond acceptors (Lipinski definition) is 6. The lowest BCUT2D eigenvalue weighted by Crippen LogP contribution is -2.13. The molecule has 0 spiro atoms. The molecule has 3 aromatic heterocycles. The monoisotopic (exact) mass is 369 g/mol. The van der Waals surface area contributed by atoms with Crippen molar-refractivity contribution >= 4 is 28.4 Å². The number of nitrogens with zero attached hydrogens (tertiary/aromatic N) is 4. The first-order valence-electron chi connectivity index (χ1n) is 8.97. The number of aromatic amines is 1. The van der Waals surface area contributed by atoms with E-state index in [0.29, 0.717) is 17.2 Å². The van der Waals surface area contributed by atoms with Gasteiger partial charge in [0.25, 0.3) is 0 Å². The molecule has 0 fully saturated rings. The minimum Gasteiger partial charge on any atom is -0.354 e. The average Bonchev–Trinajstić information content (AvgIpc) is 3.11. The Morgan fingerprint density at radius 3 is 2.64 bits per heavy atom. The van der Waals surface area contributed by atoms with Crippen molar-refractivity contribution in [3.8, 4) is 17.3 Å². The van der Waals surface area contributed by atoms with Crippen LogP contribution >= 0.6 is 0 Å². The lowest BCUT2D eigenvalue weighted by Gasteiger charge is -2.10. The van der Waals surface area contributed by atoms with Gasteiger partial charge in [-0.1, -0.05) is 18.2 Å². The summed E-state index contributed by atoms with van der Waals surface area (Å²) in [4.78, 5) is 16.5. The van der Waals surface area contributed by atoms with Crippen LogP contribution in [-0.4, -0.2) is 26.0 Å². The van der Waals surface area contributed by atoms with Crippen molar-refractivity contribution in [2.24, 2.45) is 0 Å². The number of rotatable bonds is 5. The predicted molar refractivity (Wildman–Crippen MR) is 110 cm³/mol. The van der Waals surface area contributed by atoms with Crippen molar-refractivity contribution in [2.45, 2.75) is 19.9 Å². The van der Waals surface area contributed by atoms with Crippen LogP contribution < -0.4 is 10.6 Å². The third-order valence-electron chi connectivity index (χ3n) is 4.18. The molecule has 4 rings (SSSR count). The van der Waals surface area contributed by atoms with Crippen LogP contribution in [0.4, 0.5) is 17.3 Å². The fourth-order valence-electron chi connectivity index (χ4n) is 2.95. The Labute approximate surface area is 162 Å². The van der Waals surface area contributed by atoms with Gasteiger partial charge >= 0.3 is 0 Å². The van der Waals surface area contributed by atoms with Gasteiger partial charge in [-0.3, -0.25) is 0 Å². The summed E-state index contributed by atoms with van der Waals surface area (Å²) in [5, 5.41) is 16.9. The second kappa shape index (κ2) is 7.37.